The van der Waals surface area contributed by atoms with E-state index in [-0.39, 0.29) is 49.6 Å². The second-order valence-corrected chi connectivity index (χ2v) is 6.87. The number of nitrogens with one attached hydrogen (secondary N) is 4. The van der Waals surface area contributed by atoms with Crippen molar-refractivity contribution in [3.05, 3.63) is 35.4 Å². The van der Waals surface area contributed by atoms with Crippen LogP contribution in [0.2, 0.25) is 0 Å². The number of rotatable bonds is 3. The van der Waals surface area contributed by atoms with Gasteiger partial charge in [0, 0.05) is 39.3 Å². The van der Waals surface area contributed by atoms with Gasteiger partial charge in [0.15, 0.2) is 0 Å². The molecule has 1 heterocycles. The second-order valence-electron chi connectivity index (χ2n) is 6.87. The summed E-state index contributed by atoms with van der Waals surface area (Å²) in [6.45, 7) is 12.9. The molecule has 0 aromatic heterocycles. The summed E-state index contributed by atoms with van der Waals surface area (Å²) in [5.74, 6) is 1.25. The predicted molar refractivity (Wildman–Crippen MR) is 128 cm³/mol. The van der Waals surface area contributed by atoms with Gasteiger partial charge in [-0.25, -0.2) is 0 Å². The molecule has 4 N–H and O–H groups in total. The molecule has 8 heteroatoms. The van der Waals surface area contributed by atoms with E-state index in [1.807, 2.05) is 0 Å². The van der Waals surface area contributed by atoms with Crippen molar-refractivity contribution in [3.63, 3.8) is 0 Å². The van der Waals surface area contributed by atoms with Crippen molar-refractivity contribution in [2.24, 2.45) is 5.92 Å². The summed E-state index contributed by atoms with van der Waals surface area (Å²) < 4.78 is 0. The van der Waals surface area contributed by atoms with Crippen LogP contribution in [0, 0.1) is 5.92 Å². The zero-order chi connectivity index (χ0) is 16.3. The lowest BCUT2D eigenvalue weighted by molar-refractivity contribution is 0.441. The Kier molecular flexibility index (Phi) is 23.1. The predicted octanol–water partition coefficient (Wildman–Crippen LogP) is 3.03. The smallest absolute Gasteiger partial charge is 0.00772 e. The van der Waals surface area contributed by atoms with Crippen molar-refractivity contribution in [1.29, 1.82) is 0 Å². The highest BCUT2D eigenvalue weighted by Crippen LogP contribution is 2.16. The first-order valence-corrected chi connectivity index (χ1v) is 9.17. The molecule has 0 unspecified atom stereocenters. The first-order valence-electron chi connectivity index (χ1n) is 9.17. The van der Waals surface area contributed by atoms with E-state index in [1.165, 1.54) is 11.1 Å². The lowest BCUT2D eigenvalue weighted by Gasteiger charge is -2.19. The second kappa shape index (κ2) is 19.5. The van der Waals surface area contributed by atoms with E-state index in [0.29, 0.717) is 11.8 Å². The zero-order valence-electron chi connectivity index (χ0n) is 16.5. The molecule has 0 spiro atoms. The van der Waals surface area contributed by atoms with Crippen molar-refractivity contribution in [1.82, 2.24) is 21.3 Å². The topological polar surface area (TPSA) is 48.1 Å². The van der Waals surface area contributed by atoms with Crippen LogP contribution in [0.4, 0.5) is 0 Å². The summed E-state index contributed by atoms with van der Waals surface area (Å²) in [7, 11) is 0. The van der Waals surface area contributed by atoms with Gasteiger partial charge in [0.1, 0.15) is 0 Å². The van der Waals surface area contributed by atoms with Crippen LogP contribution in [0.3, 0.4) is 0 Å². The molecule has 0 atom stereocenters. The maximum atomic E-state index is 3.60. The fourth-order valence-corrected chi connectivity index (χ4v) is 2.98. The minimum atomic E-state index is 0. The summed E-state index contributed by atoms with van der Waals surface area (Å²) >= 11 is 0. The molecule has 0 saturated carbocycles. The molecule has 1 saturated heterocycles. The molecule has 0 amide bonds. The van der Waals surface area contributed by atoms with Gasteiger partial charge in [0.05, 0.1) is 0 Å². The van der Waals surface area contributed by atoms with Crippen LogP contribution in [-0.2, 0) is 6.42 Å². The average Bonchev–Trinajstić information content (AvgIpc) is 2.57. The first kappa shape index (κ1) is 31.9. The van der Waals surface area contributed by atoms with Gasteiger partial charge in [-0.15, -0.1) is 49.6 Å². The Balaban J connectivity index is -0.00000144. The van der Waals surface area contributed by atoms with Gasteiger partial charge in [0.25, 0.3) is 0 Å². The largest absolute Gasteiger partial charge is 0.315 e. The van der Waals surface area contributed by atoms with Crippen LogP contribution in [0.5, 0.6) is 0 Å². The molecular weight excluding hydrogens is 426 g/mol. The lowest BCUT2D eigenvalue weighted by atomic mass is 9.96. The summed E-state index contributed by atoms with van der Waals surface area (Å²) in [5, 5.41) is 14.1. The van der Waals surface area contributed by atoms with Crippen LogP contribution in [0.15, 0.2) is 24.3 Å². The maximum absolute atomic E-state index is 3.60. The van der Waals surface area contributed by atoms with Crippen LogP contribution in [0.1, 0.15) is 30.9 Å². The summed E-state index contributed by atoms with van der Waals surface area (Å²) in [6.07, 6.45) is 1.14. The van der Waals surface area contributed by atoms with Crippen molar-refractivity contribution < 1.29 is 0 Å². The van der Waals surface area contributed by atoms with Crippen LogP contribution in [-0.4, -0.2) is 52.4 Å². The van der Waals surface area contributed by atoms with Gasteiger partial charge < -0.3 is 21.3 Å². The summed E-state index contributed by atoms with van der Waals surface area (Å²) in [4.78, 5) is 0. The molecule has 162 valence electrons. The maximum Gasteiger partial charge on any atom is 0.00772 e. The highest BCUT2D eigenvalue weighted by molar-refractivity contribution is 5.86. The van der Waals surface area contributed by atoms with E-state index in [2.05, 4.69) is 59.4 Å². The van der Waals surface area contributed by atoms with E-state index < -0.39 is 0 Å². The fraction of sp³-hybridized carbons (Fsp3) is 0.684. The minimum Gasteiger partial charge on any atom is -0.315 e. The average molecular weight is 464 g/mol. The SMILES string of the molecule is CC(C)c1ccc(CC2CNCCNCCNCCNC2)cc1.Cl.Cl.Cl.Cl. The van der Waals surface area contributed by atoms with Crippen LogP contribution < -0.4 is 21.3 Å². The third-order valence-electron chi connectivity index (χ3n) is 4.47. The van der Waals surface area contributed by atoms with Gasteiger partial charge in [-0.05, 0) is 42.5 Å². The van der Waals surface area contributed by atoms with Crippen molar-refractivity contribution in [2.75, 3.05) is 52.4 Å². The molecule has 2 rings (SSSR count). The van der Waals surface area contributed by atoms with Crippen molar-refractivity contribution in [2.45, 2.75) is 26.2 Å². The monoisotopic (exact) mass is 462 g/mol. The molecule has 1 aliphatic rings. The third kappa shape index (κ3) is 13.9. The third-order valence-corrected chi connectivity index (χ3v) is 4.47. The lowest BCUT2D eigenvalue weighted by Crippen LogP contribution is -2.36. The molecule has 1 fully saturated rings. The molecule has 1 aliphatic heterocycles. The fourth-order valence-electron chi connectivity index (χ4n) is 2.98. The Bertz CT molecular complexity index is 418. The molecule has 0 bridgehead atoms. The van der Waals surface area contributed by atoms with Crippen LogP contribution in [0.25, 0.3) is 0 Å². The number of hydrogen-bond donors (Lipinski definition) is 4. The van der Waals surface area contributed by atoms with Crippen molar-refractivity contribution in [3.8, 4) is 0 Å². The number of hydrogen-bond acceptors (Lipinski definition) is 4. The number of halogens is 4. The van der Waals surface area contributed by atoms with Gasteiger partial charge in [-0.3, -0.25) is 0 Å². The Hall–Kier alpha value is 0.220. The standard InChI is InChI=1S/C19H34N4.4ClH/c1-16(2)19-5-3-17(4-6-19)13-18-14-22-11-9-20-7-8-21-10-12-23-15-18;;;;/h3-6,16,18,20-23H,7-15H2,1-2H3;4*1H. The highest BCUT2D eigenvalue weighted by Gasteiger charge is 2.10. The number of benzene rings is 1. The van der Waals surface area contributed by atoms with Gasteiger partial charge >= 0.3 is 0 Å². The van der Waals surface area contributed by atoms with Gasteiger partial charge in [-0.1, -0.05) is 38.1 Å². The van der Waals surface area contributed by atoms with Gasteiger partial charge in [0.2, 0.25) is 0 Å². The molecule has 0 aliphatic carbocycles. The molecule has 1 aromatic rings. The van der Waals surface area contributed by atoms with E-state index in [1.54, 1.807) is 0 Å². The highest BCUT2D eigenvalue weighted by atomic mass is 35.5. The Morgan fingerprint density at radius 3 is 1.52 bits per heavy atom. The quantitative estimate of drug-likeness (QED) is 0.556. The Labute approximate surface area is 190 Å². The van der Waals surface area contributed by atoms with E-state index in [0.717, 1.165) is 58.8 Å². The molecular formula is C19H38Cl4N4. The molecule has 27 heavy (non-hydrogen) atoms. The normalized spacial score (nSPS) is 16.9. The summed E-state index contributed by atoms with van der Waals surface area (Å²) in [6, 6.07) is 9.18. The first-order chi connectivity index (χ1) is 11.3. The molecule has 1 aromatic carbocycles. The van der Waals surface area contributed by atoms with E-state index in [4.69, 9.17) is 0 Å². The van der Waals surface area contributed by atoms with E-state index in [9.17, 15) is 0 Å². The van der Waals surface area contributed by atoms with E-state index >= 15 is 0 Å². The zero-order valence-corrected chi connectivity index (χ0v) is 19.7. The van der Waals surface area contributed by atoms with Gasteiger partial charge in [-0.2, -0.15) is 0 Å². The molecule has 0 radical (unpaired) electrons. The Morgan fingerprint density at radius 1 is 0.704 bits per heavy atom. The minimum absolute atomic E-state index is 0. The Morgan fingerprint density at radius 2 is 1.11 bits per heavy atom. The van der Waals surface area contributed by atoms with Crippen molar-refractivity contribution >= 4 is 49.6 Å². The summed E-state index contributed by atoms with van der Waals surface area (Å²) in [5.41, 5.74) is 2.88. The molecule has 4 nitrogen and oxygen atoms in total. The van der Waals surface area contributed by atoms with Crippen LogP contribution >= 0.6 is 49.6 Å².